The van der Waals surface area contributed by atoms with Crippen molar-refractivity contribution in [2.24, 2.45) is 5.41 Å². The molecule has 2 aliphatic carbocycles. The zero-order valence-electron chi connectivity index (χ0n) is 8.94. The fourth-order valence-electron chi connectivity index (χ4n) is 3.35. The highest BCUT2D eigenvalue weighted by Gasteiger charge is 2.36. The lowest BCUT2D eigenvalue weighted by Gasteiger charge is -2.37. The van der Waals surface area contributed by atoms with Crippen molar-refractivity contribution in [2.75, 3.05) is 6.54 Å². The SMILES string of the molecule is CCNC1CCC2(CCCC2)CC1. The third kappa shape index (κ3) is 2.07. The Bertz CT molecular complexity index is 149. The van der Waals surface area contributed by atoms with Crippen LogP contribution in [0.2, 0.25) is 0 Å². The van der Waals surface area contributed by atoms with Crippen molar-refractivity contribution < 1.29 is 0 Å². The summed E-state index contributed by atoms with van der Waals surface area (Å²) in [5, 5.41) is 3.59. The van der Waals surface area contributed by atoms with Gasteiger partial charge in [0, 0.05) is 6.04 Å². The molecule has 0 amide bonds. The molecule has 0 radical (unpaired) electrons. The van der Waals surface area contributed by atoms with Crippen molar-refractivity contribution >= 4 is 0 Å². The third-order valence-corrected chi connectivity index (χ3v) is 4.20. The maximum absolute atomic E-state index is 3.59. The van der Waals surface area contributed by atoms with Crippen molar-refractivity contribution in [2.45, 2.75) is 64.3 Å². The predicted octanol–water partition coefficient (Wildman–Crippen LogP) is 3.10. The monoisotopic (exact) mass is 181 g/mol. The van der Waals surface area contributed by atoms with E-state index in [1.807, 2.05) is 0 Å². The van der Waals surface area contributed by atoms with Gasteiger partial charge in [-0.2, -0.15) is 0 Å². The second kappa shape index (κ2) is 4.00. The second-order valence-electron chi connectivity index (χ2n) is 5.04. The molecule has 76 valence electrons. The normalized spacial score (nSPS) is 28.4. The first-order chi connectivity index (χ1) is 6.35. The van der Waals surface area contributed by atoms with Gasteiger partial charge in [-0.05, 0) is 50.5 Å². The van der Waals surface area contributed by atoms with Gasteiger partial charge in [0.25, 0.3) is 0 Å². The van der Waals surface area contributed by atoms with E-state index in [2.05, 4.69) is 12.2 Å². The van der Waals surface area contributed by atoms with E-state index in [1.165, 1.54) is 51.4 Å². The molecule has 0 aliphatic heterocycles. The Balaban J connectivity index is 1.81. The Hall–Kier alpha value is -0.0400. The molecular formula is C12H23N. The van der Waals surface area contributed by atoms with Crippen molar-refractivity contribution in [1.82, 2.24) is 5.32 Å². The highest BCUT2D eigenvalue weighted by molar-refractivity contribution is 4.90. The molecule has 2 rings (SSSR count). The van der Waals surface area contributed by atoms with Crippen LogP contribution in [0.4, 0.5) is 0 Å². The first-order valence-electron chi connectivity index (χ1n) is 6.08. The van der Waals surface area contributed by atoms with Crippen LogP contribution in [0.3, 0.4) is 0 Å². The van der Waals surface area contributed by atoms with E-state index >= 15 is 0 Å². The Kier molecular flexibility index (Phi) is 2.92. The average molecular weight is 181 g/mol. The van der Waals surface area contributed by atoms with E-state index in [4.69, 9.17) is 0 Å². The minimum Gasteiger partial charge on any atom is -0.314 e. The molecule has 1 heteroatoms. The van der Waals surface area contributed by atoms with Crippen LogP contribution in [0.15, 0.2) is 0 Å². The van der Waals surface area contributed by atoms with Gasteiger partial charge in [-0.15, -0.1) is 0 Å². The van der Waals surface area contributed by atoms with E-state index < -0.39 is 0 Å². The minimum atomic E-state index is 0.811. The molecule has 0 heterocycles. The third-order valence-electron chi connectivity index (χ3n) is 4.20. The maximum Gasteiger partial charge on any atom is 0.00673 e. The van der Waals surface area contributed by atoms with Gasteiger partial charge in [-0.3, -0.25) is 0 Å². The fourth-order valence-corrected chi connectivity index (χ4v) is 3.35. The highest BCUT2D eigenvalue weighted by atomic mass is 14.9. The van der Waals surface area contributed by atoms with Gasteiger partial charge < -0.3 is 5.32 Å². The lowest BCUT2D eigenvalue weighted by molar-refractivity contribution is 0.169. The summed E-state index contributed by atoms with van der Waals surface area (Å²) in [5.41, 5.74) is 0.811. The molecule has 13 heavy (non-hydrogen) atoms. The van der Waals surface area contributed by atoms with Crippen LogP contribution in [0, 0.1) is 5.41 Å². The van der Waals surface area contributed by atoms with Crippen molar-refractivity contribution in [1.29, 1.82) is 0 Å². The van der Waals surface area contributed by atoms with Crippen molar-refractivity contribution in [3.63, 3.8) is 0 Å². The van der Waals surface area contributed by atoms with Gasteiger partial charge in [0.1, 0.15) is 0 Å². The maximum atomic E-state index is 3.59. The molecule has 0 saturated heterocycles. The molecule has 0 aromatic heterocycles. The molecule has 0 bridgehead atoms. The summed E-state index contributed by atoms with van der Waals surface area (Å²) in [4.78, 5) is 0. The van der Waals surface area contributed by atoms with Gasteiger partial charge in [-0.25, -0.2) is 0 Å². The Morgan fingerprint density at radius 1 is 1.08 bits per heavy atom. The Labute approximate surface area is 82.3 Å². The van der Waals surface area contributed by atoms with Crippen LogP contribution in [0.1, 0.15) is 58.3 Å². The van der Waals surface area contributed by atoms with E-state index in [9.17, 15) is 0 Å². The van der Waals surface area contributed by atoms with Crippen LogP contribution in [-0.2, 0) is 0 Å². The Morgan fingerprint density at radius 3 is 2.23 bits per heavy atom. The number of hydrogen-bond acceptors (Lipinski definition) is 1. The lowest BCUT2D eigenvalue weighted by atomic mass is 9.71. The fraction of sp³-hybridized carbons (Fsp3) is 1.00. The lowest BCUT2D eigenvalue weighted by Crippen LogP contribution is -2.36. The van der Waals surface area contributed by atoms with Crippen LogP contribution in [0.5, 0.6) is 0 Å². The van der Waals surface area contributed by atoms with E-state index in [0.29, 0.717) is 0 Å². The topological polar surface area (TPSA) is 12.0 Å². The standard InChI is InChI=1S/C12H23N/c1-2-13-11-5-9-12(10-6-11)7-3-4-8-12/h11,13H,2-10H2,1H3. The Morgan fingerprint density at radius 2 is 1.69 bits per heavy atom. The molecule has 0 unspecified atom stereocenters. The van der Waals surface area contributed by atoms with E-state index in [-0.39, 0.29) is 0 Å². The molecular weight excluding hydrogens is 158 g/mol. The van der Waals surface area contributed by atoms with Crippen molar-refractivity contribution in [3.8, 4) is 0 Å². The van der Waals surface area contributed by atoms with Gasteiger partial charge in [0.05, 0.1) is 0 Å². The smallest absolute Gasteiger partial charge is 0.00673 e. The molecule has 0 atom stereocenters. The molecule has 1 N–H and O–H groups in total. The zero-order valence-corrected chi connectivity index (χ0v) is 8.94. The summed E-state index contributed by atoms with van der Waals surface area (Å²) in [7, 11) is 0. The van der Waals surface area contributed by atoms with Crippen LogP contribution < -0.4 is 5.32 Å². The first kappa shape index (κ1) is 9.51. The minimum absolute atomic E-state index is 0.811. The molecule has 2 saturated carbocycles. The summed E-state index contributed by atoms with van der Waals surface area (Å²) in [6.07, 6.45) is 12.0. The second-order valence-corrected chi connectivity index (χ2v) is 5.04. The largest absolute Gasteiger partial charge is 0.314 e. The van der Waals surface area contributed by atoms with Gasteiger partial charge in [0.15, 0.2) is 0 Å². The summed E-state index contributed by atoms with van der Waals surface area (Å²) >= 11 is 0. The number of hydrogen-bond donors (Lipinski definition) is 1. The zero-order chi connectivity index (χ0) is 9.15. The summed E-state index contributed by atoms with van der Waals surface area (Å²) in [6.45, 7) is 3.37. The predicted molar refractivity (Wildman–Crippen MR) is 56.8 cm³/mol. The summed E-state index contributed by atoms with van der Waals surface area (Å²) in [5.74, 6) is 0. The van der Waals surface area contributed by atoms with Crippen LogP contribution in [-0.4, -0.2) is 12.6 Å². The molecule has 1 spiro atoms. The van der Waals surface area contributed by atoms with Crippen LogP contribution >= 0.6 is 0 Å². The van der Waals surface area contributed by atoms with Crippen LogP contribution in [0.25, 0.3) is 0 Å². The van der Waals surface area contributed by atoms with Gasteiger partial charge >= 0.3 is 0 Å². The quantitative estimate of drug-likeness (QED) is 0.690. The molecule has 1 nitrogen and oxygen atoms in total. The first-order valence-corrected chi connectivity index (χ1v) is 6.08. The van der Waals surface area contributed by atoms with Crippen molar-refractivity contribution in [3.05, 3.63) is 0 Å². The van der Waals surface area contributed by atoms with Gasteiger partial charge in [0.2, 0.25) is 0 Å². The number of nitrogens with one attached hydrogen (secondary N) is 1. The molecule has 0 aromatic rings. The summed E-state index contributed by atoms with van der Waals surface area (Å²) in [6, 6.07) is 0.844. The number of rotatable bonds is 2. The summed E-state index contributed by atoms with van der Waals surface area (Å²) < 4.78 is 0. The van der Waals surface area contributed by atoms with E-state index in [0.717, 1.165) is 18.0 Å². The molecule has 0 aromatic carbocycles. The van der Waals surface area contributed by atoms with E-state index in [1.54, 1.807) is 0 Å². The highest BCUT2D eigenvalue weighted by Crippen LogP contribution is 2.48. The molecule has 2 fully saturated rings. The average Bonchev–Trinajstić information content (AvgIpc) is 2.59. The molecule has 2 aliphatic rings. The van der Waals surface area contributed by atoms with Gasteiger partial charge in [-0.1, -0.05) is 19.8 Å².